The quantitative estimate of drug-likeness (QED) is 0.658. The van der Waals surface area contributed by atoms with Crippen LogP contribution in [-0.2, 0) is 14.3 Å². The second-order valence-electron chi connectivity index (χ2n) is 6.04. The fraction of sp³-hybridized carbons (Fsp3) is 0.250. The molecule has 154 valence electrons. The summed E-state index contributed by atoms with van der Waals surface area (Å²) in [6.07, 6.45) is -1.10. The number of alkyl halides is 2. The van der Waals surface area contributed by atoms with E-state index in [1.165, 1.54) is 31.2 Å². The molecule has 29 heavy (non-hydrogen) atoms. The van der Waals surface area contributed by atoms with Crippen LogP contribution in [0.4, 0.5) is 14.5 Å². The van der Waals surface area contributed by atoms with Gasteiger partial charge in [0, 0.05) is 5.69 Å². The lowest BCUT2D eigenvalue weighted by Gasteiger charge is -2.14. The van der Waals surface area contributed by atoms with E-state index in [-0.39, 0.29) is 11.3 Å². The van der Waals surface area contributed by atoms with E-state index in [1.54, 1.807) is 12.1 Å². The Kier molecular flexibility index (Phi) is 7.64. The third kappa shape index (κ3) is 6.87. The Bertz CT molecular complexity index is 871. The lowest BCUT2D eigenvalue weighted by Crippen LogP contribution is -2.36. The number of carbonyl (C=O) groups is 3. The van der Waals surface area contributed by atoms with Gasteiger partial charge in [-0.05, 0) is 38.1 Å². The van der Waals surface area contributed by atoms with Gasteiger partial charge in [-0.15, -0.1) is 0 Å². The highest BCUT2D eigenvalue weighted by atomic mass is 19.3. The number of ether oxygens (including phenoxy) is 2. The molecule has 0 saturated carbocycles. The van der Waals surface area contributed by atoms with Crippen molar-refractivity contribution in [3.63, 3.8) is 0 Å². The largest absolute Gasteiger partial charge is 0.451 e. The van der Waals surface area contributed by atoms with Crippen molar-refractivity contribution < 1.29 is 32.6 Å². The molecule has 0 aliphatic rings. The van der Waals surface area contributed by atoms with Gasteiger partial charge in [0.15, 0.2) is 6.10 Å². The van der Waals surface area contributed by atoms with E-state index in [2.05, 4.69) is 15.4 Å². The van der Waals surface area contributed by atoms with Crippen LogP contribution in [0.2, 0.25) is 0 Å². The van der Waals surface area contributed by atoms with Crippen molar-refractivity contribution in [2.24, 2.45) is 0 Å². The number of esters is 1. The van der Waals surface area contributed by atoms with E-state index >= 15 is 0 Å². The Labute approximate surface area is 166 Å². The molecule has 0 spiro atoms. The lowest BCUT2D eigenvalue weighted by atomic mass is 10.2. The maximum Gasteiger partial charge on any atom is 0.387 e. The molecule has 0 aromatic heterocycles. The first kappa shape index (κ1) is 21.8. The van der Waals surface area contributed by atoms with Crippen molar-refractivity contribution in [1.29, 1.82) is 0 Å². The van der Waals surface area contributed by atoms with Crippen molar-refractivity contribution >= 4 is 23.5 Å². The summed E-state index contributed by atoms with van der Waals surface area (Å²) >= 11 is 0. The van der Waals surface area contributed by atoms with Gasteiger partial charge in [0.25, 0.3) is 11.8 Å². The number of hydrogen-bond donors (Lipinski definition) is 2. The number of aryl methyl sites for hydroxylation is 1. The highest BCUT2D eigenvalue weighted by molar-refractivity contribution is 5.99. The molecule has 0 aliphatic heterocycles. The predicted octanol–water partition coefficient (Wildman–Crippen LogP) is 2.90. The number of nitrogens with one attached hydrogen (secondary N) is 2. The number of halogens is 2. The van der Waals surface area contributed by atoms with E-state index in [1.807, 2.05) is 19.1 Å². The van der Waals surface area contributed by atoms with Crippen molar-refractivity contribution in [2.75, 3.05) is 11.9 Å². The zero-order valence-corrected chi connectivity index (χ0v) is 15.8. The van der Waals surface area contributed by atoms with Crippen molar-refractivity contribution in [3.8, 4) is 5.75 Å². The van der Waals surface area contributed by atoms with Gasteiger partial charge in [-0.3, -0.25) is 14.4 Å². The Morgan fingerprint density at radius 3 is 2.34 bits per heavy atom. The second kappa shape index (κ2) is 10.2. The van der Waals surface area contributed by atoms with Gasteiger partial charge in [0.05, 0.1) is 5.56 Å². The van der Waals surface area contributed by atoms with Crippen LogP contribution in [-0.4, -0.2) is 37.0 Å². The molecular formula is C20H20F2N2O5. The molecule has 2 rings (SSSR count). The van der Waals surface area contributed by atoms with Gasteiger partial charge < -0.3 is 20.1 Å². The number of para-hydroxylation sites is 1. The van der Waals surface area contributed by atoms with Crippen LogP contribution in [0.25, 0.3) is 0 Å². The van der Waals surface area contributed by atoms with Crippen LogP contribution in [0.15, 0.2) is 48.5 Å². The van der Waals surface area contributed by atoms with E-state index in [0.29, 0.717) is 5.69 Å². The van der Waals surface area contributed by atoms with Gasteiger partial charge in [-0.1, -0.05) is 29.8 Å². The summed E-state index contributed by atoms with van der Waals surface area (Å²) in [6.45, 7) is -0.358. The molecule has 0 aliphatic carbocycles. The smallest absolute Gasteiger partial charge is 0.387 e. The predicted molar refractivity (Wildman–Crippen MR) is 101 cm³/mol. The minimum Gasteiger partial charge on any atom is -0.451 e. The molecule has 0 saturated heterocycles. The molecule has 2 aromatic rings. The summed E-state index contributed by atoms with van der Waals surface area (Å²) in [5.74, 6) is -2.52. The third-order valence-electron chi connectivity index (χ3n) is 3.74. The minimum atomic E-state index is -3.10. The van der Waals surface area contributed by atoms with Crippen molar-refractivity contribution in [2.45, 2.75) is 26.6 Å². The first-order valence-corrected chi connectivity index (χ1v) is 8.65. The molecular weight excluding hydrogens is 386 g/mol. The van der Waals surface area contributed by atoms with Crippen molar-refractivity contribution in [1.82, 2.24) is 5.32 Å². The fourth-order valence-electron chi connectivity index (χ4n) is 2.27. The van der Waals surface area contributed by atoms with Gasteiger partial charge >= 0.3 is 12.6 Å². The standard InChI is InChI=1S/C20H20F2N2O5/c1-12-7-9-14(10-8-12)24-18(26)13(2)28-17(25)11-23-19(27)15-5-3-4-6-16(15)29-20(21)22/h3-10,13,20H,11H2,1-2H3,(H,23,27)(H,24,26)/t13-/m1/s1. The van der Waals surface area contributed by atoms with E-state index in [9.17, 15) is 23.2 Å². The molecule has 0 fully saturated rings. The maximum absolute atomic E-state index is 12.4. The molecule has 0 bridgehead atoms. The SMILES string of the molecule is Cc1ccc(NC(=O)[C@@H](C)OC(=O)CNC(=O)c2ccccc2OC(F)F)cc1. The fourth-order valence-corrected chi connectivity index (χ4v) is 2.27. The molecule has 1 atom stereocenters. The van der Waals surface area contributed by atoms with Crippen LogP contribution >= 0.6 is 0 Å². The Balaban J connectivity index is 1.85. The second-order valence-corrected chi connectivity index (χ2v) is 6.04. The number of hydrogen-bond acceptors (Lipinski definition) is 5. The zero-order valence-electron chi connectivity index (χ0n) is 15.8. The van der Waals surface area contributed by atoms with Crippen LogP contribution in [0.5, 0.6) is 5.75 Å². The van der Waals surface area contributed by atoms with Crippen LogP contribution in [0, 0.1) is 6.92 Å². The van der Waals surface area contributed by atoms with Gasteiger partial charge in [0.2, 0.25) is 0 Å². The lowest BCUT2D eigenvalue weighted by molar-refractivity contribution is -0.152. The molecule has 0 unspecified atom stereocenters. The third-order valence-corrected chi connectivity index (χ3v) is 3.74. The molecule has 9 heteroatoms. The summed E-state index contributed by atoms with van der Waals surface area (Å²) < 4.78 is 34.1. The number of rotatable bonds is 8. The van der Waals surface area contributed by atoms with E-state index in [0.717, 1.165) is 5.56 Å². The average Bonchev–Trinajstić information content (AvgIpc) is 2.67. The van der Waals surface area contributed by atoms with E-state index in [4.69, 9.17) is 4.74 Å². The Hall–Kier alpha value is -3.49. The number of carbonyl (C=O) groups excluding carboxylic acids is 3. The Morgan fingerprint density at radius 2 is 1.69 bits per heavy atom. The van der Waals surface area contributed by atoms with E-state index < -0.39 is 37.0 Å². The summed E-state index contributed by atoms with van der Waals surface area (Å²) in [6, 6.07) is 12.4. The maximum atomic E-state index is 12.4. The highest BCUT2D eigenvalue weighted by Gasteiger charge is 2.20. The first-order valence-electron chi connectivity index (χ1n) is 8.65. The van der Waals surface area contributed by atoms with Gasteiger partial charge in [0.1, 0.15) is 12.3 Å². The molecule has 2 N–H and O–H groups in total. The van der Waals surface area contributed by atoms with Crippen LogP contribution in [0.1, 0.15) is 22.8 Å². The average molecular weight is 406 g/mol. The summed E-state index contributed by atoms with van der Waals surface area (Å²) in [4.78, 5) is 36.1. The minimum absolute atomic E-state index is 0.161. The summed E-state index contributed by atoms with van der Waals surface area (Å²) in [5, 5.41) is 4.84. The Morgan fingerprint density at radius 1 is 1.03 bits per heavy atom. The van der Waals surface area contributed by atoms with Crippen molar-refractivity contribution in [3.05, 3.63) is 59.7 Å². The van der Waals surface area contributed by atoms with Gasteiger partial charge in [-0.2, -0.15) is 8.78 Å². The summed E-state index contributed by atoms with van der Waals surface area (Å²) in [5.41, 5.74) is 1.41. The molecule has 0 heterocycles. The summed E-state index contributed by atoms with van der Waals surface area (Å²) in [7, 11) is 0. The molecule has 7 nitrogen and oxygen atoms in total. The molecule has 0 radical (unpaired) electrons. The normalized spacial score (nSPS) is 11.5. The van der Waals surface area contributed by atoms with Crippen LogP contribution < -0.4 is 15.4 Å². The zero-order chi connectivity index (χ0) is 21.4. The molecule has 2 aromatic carbocycles. The monoisotopic (exact) mass is 406 g/mol. The number of anilines is 1. The number of amides is 2. The highest BCUT2D eigenvalue weighted by Crippen LogP contribution is 2.20. The molecule has 2 amide bonds. The first-order chi connectivity index (χ1) is 13.8. The van der Waals surface area contributed by atoms with Gasteiger partial charge in [-0.25, -0.2) is 0 Å². The van der Waals surface area contributed by atoms with Crippen LogP contribution in [0.3, 0.4) is 0 Å². The number of benzene rings is 2. The topological polar surface area (TPSA) is 93.7 Å².